The van der Waals surface area contributed by atoms with Crippen LogP contribution in [0.25, 0.3) is 0 Å². The second kappa shape index (κ2) is 7.97. The lowest BCUT2D eigenvalue weighted by molar-refractivity contribution is -0.137. The number of halogens is 1. The first-order chi connectivity index (χ1) is 13.6. The van der Waals surface area contributed by atoms with E-state index in [1.807, 2.05) is 30.3 Å². The highest BCUT2D eigenvalue weighted by molar-refractivity contribution is 6.31. The van der Waals surface area contributed by atoms with E-state index in [9.17, 15) is 4.79 Å². The van der Waals surface area contributed by atoms with Crippen LogP contribution >= 0.6 is 11.6 Å². The van der Waals surface area contributed by atoms with Crippen molar-refractivity contribution in [1.29, 1.82) is 0 Å². The van der Waals surface area contributed by atoms with E-state index < -0.39 is 5.97 Å². The molecule has 0 amide bonds. The number of carboxylic acids is 1. The van der Waals surface area contributed by atoms with Crippen molar-refractivity contribution in [3.8, 4) is 11.8 Å². The van der Waals surface area contributed by atoms with Gasteiger partial charge in [-0.25, -0.2) is 0 Å². The zero-order valence-corrected chi connectivity index (χ0v) is 16.3. The van der Waals surface area contributed by atoms with Gasteiger partial charge in [-0.15, -0.1) is 0 Å². The fraction of sp³-hybridized carbons (Fsp3) is 0.429. The summed E-state index contributed by atoms with van der Waals surface area (Å²) in [4.78, 5) is 17.5. The topological polar surface area (TPSA) is 71.9 Å². The summed E-state index contributed by atoms with van der Waals surface area (Å²) >= 11 is 6.17. The van der Waals surface area contributed by atoms with Gasteiger partial charge in [0.2, 0.25) is 11.8 Å². The van der Waals surface area contributed by atoms with Gasteiger partial charge in [-0.05, 0) is 38.1 Å². The van der Waals surface area contributed by atoms with Crippen LogP contribution in [-0.4, -0.2) is 47.2 Å². The lowest BCUT2D eigenvalue weighted by Gasteiger charge is -2.38. The van der Waals surface area contributed by atoms with Gasteiger partial charge in [0.15, 0.2) is 0 Å². The van der Waals surface area contributed by atoms with Crippen LogP contribution in [0.2, 0.25) is 5.02 Å². The first-order valence-corrected chi connectivity index (χ1v) is 9.88. The molecule has 0 bridgehead atoms. The number of rotatable bonds is 6. The number of benzene rings is 1. The number of likely N-dealkylation sites (tertiary alicyclic amines) is 1. The number of aliphatic carboxylic acids is 1. The minimum atomic E-state index is -0.747. The summed E-state index contributed by atoms with van der Waals surface area (Å²) in [7, 11) is 0. The molecule has 0 unspecified atom stereocenters. The quantitative estimate of drug-likeness (QED) is 0.797. The Morgan fingerprint density at radius 3 is 2.79 bits per heavy atom. The normalized spacial score (nSPS) is 17.9. The number of ether oxygens (including phenoxy) is 2. The minimum absolute atomic E-state index is 0.0245. The second-order valence-corrected chi connectivity index (χ2v) is 7.84. The van der Waals surface area contributed by atoms with Crippen LogP contribution in [0.1, 0.15) is 30.4 Å². The first-order valence-electron chi connectivity index (χ1n) is 9.50. The lowest BCUT2D eigenvalue weighted by atomic mass is 9.75. The van der Waals surface area contributed by atoms with Gasteiger partial charge in [0.1, 0.15) is 6.61 Å². The number of piperidine rings is 1. The number of aromatic nitrogens is 1. The smallest absolute Gasteiger partial charge is 0.304 e. The molecule has 1 aromatic carbocycles. The van der Waals surface area contributed by atoms with Gasteiger partial charge < -0.3 is 19.5 Å². The molecule has 1 saturated heterocycles. The zero-order valence-electron chi connectivity index (χ0n) is 15.6. The molecule has 2 aliphatic heterocycles. The molecule has 0 saturated carbocycles. The van der Waals surface area contributed by atoms with E-state index in [2.05, 4.69) is 16.0 Å². The maximum Gasteiger partial charge on any atom is 0.304 e. The van der Waals surface area contributed by atoms with E-state index in [1.54, 1.807) is 0 Å². The summed E-state index contributed by atoms with van der Waals surface area (Å²) in [6, 6.07) is 11.5. The molecule has 1 aromatic heterocycles. The Hall–Kier alpha value is -2.31. The molecule has 1 spiro atoms. The van der Waals surface area contributed by atoms with Gasteiger partial charge >= 0.3 is 5.97 Å². The molecule has 28 heavy (non-hydrogen) atoms. The van der Waals surface area contributed by atoms with Gasteiger partial charge in [0.05, 0.1) is 13.0 Å². The molecular formula is C21H23ClN2O4. The lowest BCUT2D eigenvalue weighted by Crippen LogP contribution is -2.44. The van der Waals surface area contributed by atoms with Crippen LogP contribution < -0.4 is 9.47 Å². The summed E-state index contributed by atoms with van der Waals surface area (Å²) < 4.78 is 11.7. The van der Waals surface area contributed by atoms with Crippen LogP contribution in [-0.2, 0) is 16.8 Å². The number of carboxylic acid groups (broad SMARTS) is 1. The highest BCUT2D eigenvalue weighted by Gasteiger charge is 2.43. The third kappa shape index (κ3) is 3.93. The average Bonchev–Trinajstić information content (AvgIpc) is 3.04. The van der Waals surface area contributed by atoms with Crippen LogP contribution in [0.15, 0.2) is 36.4 Å². The maximum absolute atomic E-state index is 10.8. The number of fused-ring (bicyclic) bond motifs is 2. The predicted octanol–water partition coefficient (Wildman–Crippen LogP) is 3.51. The van der Waals surface area contributed by atoms with Crippen LogP contribution in [0.3, 0.4) is 0 Å². The summed E-state index contributed by atoms with van der Waals surface area (Å²) in [6.07, 6.45) is 2.08. The van der Waals surface area contributed by atoms with Gasteiger partial charge in [0.25, 0.3) is 0 Å². The minimum Gasteiger partial charge on any atom is -0.481 e. The summed E-state index contributed by atoms with van der Waals surface area (Å²) in [5.74, 6) is 0.425. The summed E-state index contributed by atoms with van der Waals surface area (Å²) in [5.41, 5.74) is 2.02. The first kappa shape index (κ1) is 19.0. The molecule has 0 radical (unpaired) electrons. The molecule has 2 aliphatic rings. The van der Waals surface area contributed by atoms with Crippen molar-refractivity contribution in [2.24, 2.45) is 0 Å². The van der Waals surface area contributed by atoms with Gasteiger partial charge in [0, 0.05) is 34.2 Å². The Kier molecular flexibility index (Phi) is 5.42. The van der Waals surface area contributed by atoms with Crippen molar-refractivity contribution in [3.63, 3.8) is 0 Å². The Bertz CT molecular complexity index is 865. The standard InChI is InChI=1S/C21H23ClN2O4/c22-17-4-2-1-3-15(17)13-27-18-6-5-16-20(23-18)28-14-21(16)8-11-24(12-9-21)10-7-19(25)26/h1-6H,7-14H2,(H,25,26). The fourth-order valence-electron chi connectivity index (χ4n) is 3.94. The van der Waals surface area contributed by atoms with Crippen molar-refractivity contribution >= 4 is 17.6 Å². The molecule has 6 nitrogen and oxygen atoms in total. The fourth-order valence-corrected chi connectivity index (χ4v) is 4.13. The summed E-state index contributed by atoms with van der Waals surface area (Å²) in [6.45, 7) is 3.33. The molecule has 0 aliphatic carbocycles. The molecule has 0 atom stereocenters. The number of hydrogen-bond acceptors (Lipinski definition) is 5. The van der Waals surface area contributed by atoms with Crippen molar-refractivity contribution in [2.45, 2.75) is 31.3 Å². The van der Waals surface area contributed by atoms with Crippen LogP contribution in [0.5, 0.6) is 11.8 Å². The molecule has 1 N–H and O–H groups in total. The number of nitrogens with zero attached hydrogens (tertiary/aromatic N) is 2. The highest BCUT2D eigenvalue weighted by Crippen LogP contribution is 2.45. The zero-order chi connectivity index (χ0) is 19.6. The predicted molar refractivity (Wildman–Crippen MR) is 105 cm³/mol. The van der Waals surface area contributed by atoms with E-state index in [0.717, 1.165) is 37.1 Å². The SMILES string of the molecule is O=C(O)CCN1CCC2(CC1)COc1nc(OCc3ccccc3Cl)ccc12. The average molecular weight is 403 g/mol. The van der Waals surface area contributed by atoms with E-state index in [4.69, 9.17) is 26.2 Å². The largest absolute Gasteiger partial charge is 0.481 e. The Morgan fingerprint density at radius 1 is 1.25 bits per heavy atom. The number of pyridine rings is 1. The maximum atomic E-state index is 10.8. The molecule has 3 heterocycles. The molecular weight excluding hydrogens is 380 g/mol. The van der Waals surface area contributed by atoms with E-state index in [-0.39, 0.29) is 11.8 Å². The van der Waals surface area contributed by atoms with Crippen molar-refractivity contribution in [3.05, 3.63) is 52.5 Å². The van der Waals surface area contributed by atoms with Gasteiger partial charge in [-0.2, -0.15) is 4.98 Å². The molecule has 1 fully saturated rings. The molecule has 4 rings (SSSR count). The highest BCUT2D eigenvalue weighted by atomic mass is 35.5. The monoisotopic (exact) mass is 402 g/mol. The summed E-state index contributed by atoms with van der Waals surface area (Å²) in [5, 5.41) is 9.54. The van der Waals surface area contributed by atoms with E-state index in [1.165, 1.54) is 0 Å². The van der Waals surface area contributed by atoms with Crippen molar-refractivity contribution < 1.29 is 19.4 Å². The third-order valence-corrected chi connectivity index (χ3v) is 6.05. The molecule has 7 heteroatoms. The Balaban J connectivity index is 1.40. The van der Waals surface area contributed by atoms with Crippen LogP contribution in [0, 0.1) is 0 Å². The second-order valence-electron chi connectivity index (χ2n) is 7.44. The van der Waals surface area contributed by atoms with E-state index >= 15 is 0 Å². The van der Waals surface area contributed by atoms with Gasteiger partial charge in [-0.3, -0.25) is 4.79 Å². The molecule has 148 valence electrons. The van der Waals surface area contributed by atoms with Crippen LogP contribution in [0.4, 0.5) is 0 Å². The molecule has 2 aromatic rings. The Morgan fingerprint density at radius 2 is 2.04 bits per heavy atom. The van der Waals surface area contributed by atoms with Gasteiger partial charge in [-0.1, -0.05) is 29.8 Å². The van der Waals surface area contributed by atoms with E-state index in [0.29, 0.717) is 36.5 Å². The van der Waals surface area contributed by atoms with Crippen molar-refractivity contribution in [1.82, 2.24) is 9.88 Å². The number of carbonyl (C=O) groups is 1. The van der Waals surface area contributed by atoms with Crippen molar-refractivity contribution in [2.75, 3.05) is 26.2 Å². The third-order valence-electron chi connectivity index (χ3n) is 5.68. The Labute approximate surface area is 169 Å². The number of hydrogen-bond donors (Lipinski definition) is 1.